The van der Waals surface area contributed by atoms with Crippen molar-refractivity contribution in [3.05, 3.63) is 24.3 Å². The van der Waals surface area contributed by atoms with Gasteiger partial charge in [0.2, 0.25) is 0 Å². The van der Waals surface area contributed by atoms with E-state index < -0.39 is 26.2 Å². The topological polar surface area (TPSA) is 156 Å². The van der Waals surface area contributed by atoms with Gasteiger partial charge in [-0.25, -0.2) is 18.0 Å². The highest BCUT2D eigenvalue weighted by Gasteiger charge is 2.17. The summed E-state index contributed by atoms with van der Waals surface area (Å²) in [5, 5.41) is 0. The Morgan fingerprint density at radius 3 is 1.86 bits per heavy atom. The molecule has 0 amide bonds. The SMILES string of the molecule is C=C(C)C(=O)OCCN(C)C.C=C(C)C(=O)OCC[N+](C)(C)CCCS(=O)(=O)[O-].O=S1(=O)CCCO1. The normalized spacial score (nSPS) is 14.6. The molecule has 1 heterocycles. The molecule has 0 unspecified atom stereocenters. The van der Waals surface area contributed by atoms with E-state index in [2.05, 4.69) is 17.3 Å². The molecule has 1 aliphatic heterocycles. The Hall–Kier alpha value is -1.84. The number of ether oxygens (including phenoxy) is 2. The third kappa shape index (κ3) is 23.9. The third-order valence-corrected chi connectivity index (χ3v) is 6.46. The van der Waals surface area contributed by atoms with Gasteiger partial charge in [0, 0.05) is 29.9 Å². The molecule has 0 saturated carbocycles. The van der Waals surface area contributed by atoms with Gasteiger partial charge in [-0.3, -0.25) is 4.18 Å². The summed E-state index contributed by atoms with van der Waals surface area (Å²) in [6.07, 6.45) is 0.954. The van der Waals surface area contributed by atoms with Crippen molar-refractivity contribution in [3.8, 4) is 0 Å². The van der Waals surface area contributed by atoms with Crippen LogP contribution in [-0.4, -0.2) is 122 Å². The van der Waals surface area contributed by atoms with E-state index in [1.54, 1.807) is 13.8 Å². The van der Waals surface area contributed by atoms with E-state index >= 15 is 0 Å². The van der Waals surface area contributed by atoms with Crippen LogP contribution in [-0.2, 0) is 43.5 Å². The lowest BCUT2D eigenvalue weighted by Crippen LogP contribution is -2.43. The van der Waals surface area contributed by atoms with Crippen molar-refractivity contribution in [2.24, 2.45) is 0 Å². The van der Waals surface area contributed by atoms with Gasteiger partial charge in [0.05, 0.1) is 43.1 Å². The maximum atomic E-state index is 11.1. The molecule has 0 atom stereocenters. The highest BCUT2D eigenvalue weighted by molar-refractivity contribution is 7.86. The molecule has 14 heteroatoms. The van der Waals surface area contributed by atoms with Crippen LogP contribution in [0.2, 0.25) is 0 Å². The summed E-state index contributed by atoms with van der Waals surface area (Å²) in [6, 6.07) is 0. The molecule has 0 aromatic rings. The second-order valence-electron chi connectivity index (χ2n) is 9.07. The highest BCUT2D eigenvalue weighted by atomic mass is 32.2. The zero-order valence-electron chi connectivity index (χ0n) is 22.3. The van der Waals surface area contributed by atoms with Crippen molar-refractivity contribution >= 4 is 32.2 Å². The highest BCUT2D eigenvalue weighted by Crippen LogP contribution is 2.05. The van der Waals surface area contributed by atoms with E-state index in [1.807, 2.05) is 33.1 Å². The van der Waals surface area contributed by atoms with Crippen LogP contribution >= 0.6 is 0 Å². The summed E-state index contributed by atoms with van der Waals surface area (Å²) < 4.78 is 66.4. The fraction of sp³-hybridized carbons (Fsp3) is 0.727. The zero-order chi connectivity index (χ0) is 28.6. The molecule has 0 aromatic heterocycles. The second kappa shape index (κ2) is 17.6. The quantitative estimate of drug-likeness (QED) is 0.108. The Balaban J connectivity index is 0. The van der Waals surface area contributed by atoms with E-state index in [1.165, 1.54) is 0 Å². The fourth-order valence-electron chi connectivity index (χ4n) is 2.21. The summed E-state index contributed by atoms with van der Waals surface area (Å²) in [5.41, 5.74) is 0.793. The Labute approximate surface area is 216 Å². The van der Waals surface area contributed by atoms with Gasteiger partial charge < -0.3 is 23.4 Å². The number of carbonyl (C=O) groups excluding carboxylic acids is 2. The van der Waals surface area contributed by atoms with Gasteiger partial charge in [-0.15, -0.1) is 0 Å². The molecular weight excluding hydrogens is 516 g/mol. The predicted octanol–water partition coefficient (Wildman–Crippen LogP) is 0.521. The monoisotopic (exact) mass is 558 g/mol. The molecule has 0 N–H and O–H groups in total. The van der Waals surface area contributed by atoms with Crippen molar-refractivity contribution in [1.82, 2.24) is 4.90 Å². The molecule has 212 valence electrons. The van der Waals surface area contributed by atoms with Crippen LogP contribution in [0, 0.1) is 0 Å². The molecule has 36 heavy (non-hydrogen) atoms. The van der Waals surface area contributed by atoms with Gasteiger partial charge in [0.25, 0.3) is 10.1 Å². The van der Waals surface area contributed by atoms with Crippen molar-refractivity contribution in [3.63, 3.8) is 0 Å². The molecule has 0 bridgehead atoms. The van der Waals surface area contributed by atoms with Crippen LogP contribution in [0.25, 0.3) is 0 Å². The van der Waals surface area contributed by atoms with E-state index in [0.29, 0.717) is 54.8 Å². The zero-order valence-corrected chi connectivity index (χ0v) is 23.9. The van der Waals surface area contributed by atoms with Gasteiger partial charge in [0.15, 0.2) is 0 Å². The van der Waals surface area contributed by atoms with Gasteiger partial charge in [-0.05, 0) is 34.4 Å². The number of hydrogen-bond donors (Lipinski definition) is 0. The minimum absolute atomic E-state index is 0.201. The lowest BCUT2D eigenvalue weighted by Gasteiger charge is -2.29. The first-order valence-electron chi connectivity index (χ1n) is 11.2. The minimum atomic E-state index is -4.15. The Kier molecular flexibility index (Phi) is 17.7. The van der Waals surface area contributed by atoms with E-state index in [-0.39, 0.29) is 24.1 Å². The number of quaternary nitrogens is 1. The fourth-order valence-corrected chi connectivity index (χ4v) is 3.66. The van der Waals surface area contributed by atoms with Crippen LogP contribution in [0.1, 0.15) is 26.7 Å². The smallest absolute Gasteiger partial charge is 0.333 e. The molecule has 12 nitrogen and oxygen atoms in total. The summed E-state index contributed by atoms with van der Waals surface area (Å²) in [7, 11) is 0.417. The molecule has 1 saturated heterocycles. The average molecular weight is 559 g/mol. The molecule has 1 fully saturated rings. The molecule has 1 aliphatic rings. The number of rotatable bonds is 12. The second-order valence-corrected chi connectivity index (χ2v) is 12.4. The standard InChI is InChI=1S/C11H21NO5S.C8H15NO2.C3H6O3S/c1-10(2)11(13)17-8-7-12(3,4)6-5-9-18(14,15)16;1-7(2)8(10)11-6-5-9(3)4;4-7(5)3-1-2-6-7/h1,5-9H2,2-4H3;1,5-6H2,2-4H3;1-3H2. The van der Waals surface area contributed by atoms with E-state index in [4.69, 9.17) is 9.47 Å². The maximum absolute atomic E-state index is 11.1. The number of likely N-dealkylation sites (N-methyl/N-ethyl adjacent to an activating group) is 2. The van der Waals surface area contributed by atoms with Crippen molar-refractivity contribution in [1.29, 1.82) is 0 Å². The molecule has 0 aliphatic carbocycles. The van der Waals surface area contributed by atoms with Crippen molar-refractivity contribution in [2.45, 2.75) is 26.7 Å². The Bertz CT molecular complexity index is 914. The summed E-state index contributed by atoms with van der Waals surface area (Å²) in [5.74, 6) is -0.906. The van der Waals surface area contributed by atoms with Crippen LogP contribution in [0.5, 0.6) is 0 Å². The van der Waals surface area contributed by atoms with Gasteiger partial charge in [-0.2, -0.15) is 8.42 Å². The van der Waals surface area contributed by atoms with Crippen molar-refractivity contribution in [2.75, 3.05) is 79.2 Å². The minimum Gasteiger partial charge on any atom is -0.748 e. The average Bonchev–Trinajstić information content (AvgIpc) is 3.11. The Morgan fingerprint density at radius 1 is 1.03 bits per heavy atom. The van der Waals surface area contributed by atoms with Crippen LogP contribution in [0.4, 0.5) is 0 Å². The molecule has 0 aromatic carbocycles. The van der Waals surface area contributed by atoms with E-state index in [0.717, 1.165) is 6.54 Å². The number of carbonyl (C=O) groups is 2. The summed E-state index contributed by atoms with van der Waals surface area (Å²) in [6.45, 7) is 13.0. The first-order chi connectivity index (χ1) is 16.3. The molecule has 1 rings (SSSR count). The largest absolute Gasteiger partial charge is 0.748 e. The lowest BCUT2D eigenvalue weighted by atomic mass is 10.3. The van der Waals surface area contributed by atoms with E-state index in [9.17, 15) is 31.0 Å². The van der Waals surface area contributed by atoms with Gasteiger partial charge >= 0.3 is 11.9 Å². The third-order valence-electron chi connectivity index (χ3n) is 4.36. The number of esters is 2. The molecule has 0 spiro atoms. The predicted molar refractivity (Wildman–Crippen MR) is 135 cm³/mol. The van der Waals surface area contributed by atoms with Crippen LogP contribution in [0.3, 0.4) is 0 Å². The Morgan fingerprint density at radius 2 is 1.53 bits per heavy atom. The summed E-state index contributed by atoms with van der Waals surface area (Å²) >= 11 is 0. The van der Waals surface area contributed by atoms with Crippen molar-refractivity contribution < 1.29 is 49.1 Å². The first-order valence-corrected chi connectivity index (χ1v) is 14.4. The maximum Gasteiger partial charge on any atom is 0.333 e. The summed E-state index contributed by atoms with van der Waals surface area (Å²) in [4.78, 5) is 23.9. The molecular formula is C22H42N2O10S2. The number of hydrogen-bond acceptors (Lipinski definition) is 11. The first kappa shape index (κ1) is 36.3. The van der Waals surface area contributed by atoms with Gasteiger partial charge in [-0.1, -0.05) is 13.2 Å². The lowest BCUT2D eigenvalue weighted by molar-refractivity contribution is -0.890. The van der Waals surface area contributed by atoms with Gasteiger partial charge in [0.1, 0.15) is 19.8 Å². The van der Waals surface area contributed by atoms with Crippen LogP contribution < -0.4 is 0 Å². The van der Waals surface area contributed by atoms with Crippen LogP contribution in [0.15, 0.2) is 24.3 Å². The number of nitrogens with zero attached hydrogens (tertiary/aromatic N) is 2. The molecule has 0 radical (unpaired) electrons.